The normalized spacial score (nSPS) is 20.9. The summed E-state index contributed by atoms with van der Waals surface area (Å²) in [6.07, 6.45) is 19.9. The number of alkyl carbamates (subject to hydrolysis) is 1. The molecule has 1 fully saturated rings. The minimum absolute atomic E-state index is 0.00569. The van der Waals surface area contributed by atoms with Crippen LogP contribution in [0.5, 0.6) is 0 Å². The van der Waals surface area contributed by atoms with Crippen molar-refractivity contribution >= 4 is 23.9 Å². The van der Waals surface area contributed by atoms with Gasteiger partial charge in [-0.2, -0.15) is 0 Å². The Hall–Kier alpha value is -4.28. The number of nitrogens with one attached hydrogen (secondary N) is 3. The van der Waals surface area contributed by atoms with Crippen molar-refractivity contribution in [1.82, 2.24) is 16.0 Å². The standard InChI is InChI=1S/C53H89N3O16/c1-7-9-10-11-12-13-14-15-16-17-18-19-20-21-22-23-24-25-27-33-43(58)54-35-30-26-28-34-44(59)55-36-31-29-32-40(48(63)67-8-2)56-52(66)72-50(65)49(64)70-41(39(3)57)37-68-51-47(62)46(61)45(60)42(71-51)38-69-53(4,5)6/h9-10,12-13,15-16,18-19,21-22,24-25,39-42,45-47,49-51,57,60-62,64-65H,7-8,11,14,17,20,23,26-38H2,1-6H3,(H,54,58)(H,55,59)(H,56,66)/b10-9-,13-12-,16-15-,19-18-,22-21-,25-24-/t39-,40-,41?,42?,45?,46?,47?,49?,50-,51?/m0/s1. The van der Waals surface area contributed by atoms with E-state index in [0.717, 1.165) is 51.4 Å². The zero-order valence-electron chi connectivity index (χ0n) is 43.6. The molecular formula is C53H89N3O16. The predicted octanol–water partition coefficient (Wildman–Crippen LogP) is 5.13. The first-order chi connectivity index (χ1) is 34.4. The van der Waals surface area contributed by atoms with Gasteiger partial charge >= 0.3 is 12.1 Å². The number of allylic oxidation sites excluding steroid dienone is 12. The van der Waals surface area contributed by atoms with E-state index in [-0.39, 0.29) is 31.4 Å². The highest BCUT2D eigenvalue weighted by Crippen LogP contribution is 2.24. The molecule has 19 heteroatoms. The van der Waals surface area contributed by atoms with Gasteiger partial charge in [-0.25, -0.2) is 9.59 Å². The van der Waals surface area contributed by atoms with Gasteiger partial charge in [0.15, 0.2) is 6.29 Å². The van der Waals surface area contributed by atoms with Gasteiger partial charge in [0.1, 0.15) is 36.6 Å². The van der Waals surface area contributed by atoms with Crippen molar-refractivity contribution in [3.8, 4) is 0 Å². The number of hydrogen-bond donors (Lipinski definition) is 9. The van der Waals surface area contributed by atoms with Crippen molar-refractivity contribution in [2.75, 3.05) is 32.9 Å². The van der Waals surface area contributed by atoms with Crippen LogP contribution in [0.2, 0.25) is 0 Å². The molecule has 0 bridgehead atoms. The van der Waals surface area contributed by atoms with Crippen LogP contribution in [0.15, 0.2) is 72.9 Å². The van der Waals surface area contributed by atoms with E-state index in [1.165, 1.54) is 6.92 Å². The third kappa shape index (κ3) is 32.7. The zero-order valence-corrected chi connectivity index (χ0v) is 43.6. The van der Waals surface area contributed by atoms with Crippen LogP contribution in [0.25, 0.3) is 0 Å². The Morgan fingerprint density at radius 2 is 1.21 bits per heavy atom. The molecule has 1 aliphatic rings. The second-order valence-electron chi connectivity index (χ2n) is 18.3. The number of aliphatic hydroxyl groups excluding tert-OH is 6. The van der Waals surface area contributed by atoms with Gasteiger partial charge in [0.25, 0.3) is 6.29 Å². The molecule has 1 aliphatic heterocycles. The van der Waals surface area contributed by atoms with Crippen LogP contribution in [0, 0.1) is 0 Å². The van der Waals surface area contributed by atoms with E-state index in [9.17, 15) is 49.8 Å². The third-order valence-electron chi connectivity index (χ3n) is 10.7. The molecular weight excluding hydrogens is 935 g/mol. The Kier molecular flexibility index (Phi) is 36.7. The molecule has 1 saturated heterocycles. The van der Waals surface area contributed by atoms with Crippen LogP contribution in [0.3, 0.4) is 0 Å². The molecule has 1 rings (SSSR count). The highest BCUT2D eigenvalue weighted by molar-refractivity contribution is 5.81. The summed E-state index contributed by atoms with van der Waals surface area (Å²) >= 11 is 0. The number of carbonyl (C=O) groups excluding carboxylic acids is 4. The fourth-order valence-corrected chi connectivity index (χ4v) is 6.64. The fourth-order valence-electron chi connectivity index (χ4n) is 6.64. The molecule has 0 saturated carbocycles. The van der Waals surface area contributed by atoms with Crippen molar-refractivity contribution < 1.29 is 78.2 Å². The fraction of sp³-hybridized carbons (Fsp3) is 0.698. The number of ether oxygens (including phenoxy) is 6. The van der Waals surface area contributed by atoms with Crippen molar-refractivity contribution in [2.24, 2.45) is 0 Å². The lowest BCUT2D eigenvalue weighted by Gasteiger charge is -2.41. The number of rotatable bonds is 38. The zero-order chi connectivity index (χ0) is 53.6. The van der Waals surface area contributed by atoms with Crippen molar-refractivity contribution in [2.45, 2.75) is 205 Å². The highest BCUT2D eigenvalue weighted by atomic mass is 16.7. The molecule has 0 radical (unpaired) electrons. The molecule has 9 N–H and O–H groups in total. The minimum Gasteiger partial charge on any atom is -0.464 e. The largest absolute Gasteiger partial charge is 0.464 e. The lowest BCUT2D eigenvalue weighted by molar-refractivity contribution is -0.319. The molecule has 72 heavy (non-hydrogen) atoms. The Labute approximate surface area is 427 Å². The lowest BCUT2D eigenvalue weighted by atomic mass is 9.99. The topological polar surface area (TPSA) is 281 Å². The van der Waals surface area contributed by atoms with Crippen molar-refractivity contribution in [1.29, 1.82) is 0 Å². The molecule has 0 aromatic carbocycles. The van der Waals surface area contributed by atoms with Crippen molar-refractivity contribution in [3.05, 3.63) is 72.9 Å². The van der Waals surface area contributed by atoms with E-state index in [0.29, 0.717) is 51.6 Å². The van der Waals surface area contributed by atoms with Gasteiger partial charge in [-0.1, -0.05) is 86.3 Å². The monoisotopic (exact) mass is 1020 g/mol. The van der Waals surface area contributed by atoms with E-state index >= 15 is 0 Å². The molecule has 1 heterocycles. The maximum absolute atomic E-state index is 12.7. The summed E-state index contributed by atoms with van der Waals surface area (Å²) < 4.78 is 31.9. The number of carbonyl (C=O) groups is 4. The minimum atomic E-state index is -2.31. The maximum atomic E-state index is 12.7. The van der Waals surface area contributed by atoms with E-state index in [1.54, 1.807) is 27.7 Å². The molecule has 7 unspecified atom stereocenters. The quantitative estimate of drug-likeness (QED) is 0.0168. The number of amides is 3. The molecule has 0 aromatic heterocycles. The Morgan fingerprint density at radius 1 is 0.667 bits per heavy atom. The third-order valence-corrected chi connectivity index (χ3v) is 10.7. The first-order valence-electron chi connectivity index (χ1n) is 25.6. The van der Waals surface area contributed by atoms with Gasteiger partial charge in [-0.15, -0.1) is 0 Å². The summed E-state index contributed by atoms with van der Waals surface area (Å²) in [6.45, 7) is 10.5. The average Bonchev–Trinajstić information content (AvgIpc) is 3.33. The van der Waals surface area contributed by atoms with Gasteiger partial charge < -0.3 is 75.0 Å². The SMILES string of the molecule is CC/C=C\C/C=C\C/C=C\C/C=C\C/C=C\C/C=C\CCC(=O)NCCCCCC(=O)NCCCC[C@H](NC(=O)O[C@H](O)C(O)OC(COC1OC(COC(C)(C)C)C(O)C(O)C1O)[C@H](C)O)C(=O)OCC. The molecule has 0 aromatic rings. The number of esters is 1. The molecule has 10 atom stereocenters. The highest BCUT2D eigenvalue weighted by Gasteiger charge is 2.45. The number of hydrogen-bond acceptors (Lipinski definition) is 16. The summed E-state index contributed by atoms with van der Waals surface area (Å²) in [5.74, 6) is -0.907. The first-order valence-corrected chi connectivity index (χ1v) is 25.6. The van der Waals surface area contributed by atoms with Crippen LogP contribution in [-0.2, 0) is 42.8 Å². The molecule has 0 aliphatic carbocycles. The van der Waals surface area contributed by atoms with Crippen LogP contribution in [-0.4, -0.2) is 155 Å². The van der Waals surface area contributed by atoms with E-state index in [2.05, 4.69) is 89.7 Å². The molecule has 3 amide bonds. The van der Waals surface area contributed by atoms with Crippen LogP contribution >= 0.6 is 0 Å². The predicted molar refractivity (Wildman–Crippen MR) is 273 cm³/mol. The van der Waals surface area contributed by atoms with Gasteiger partial charge in [-0.3, -0.25) is 9.59 Å². The Bertz CT molecular complexity index is 1660. The molecule has 0 spiro atoms. The Morgan fingerprint density at radius 3 is 1.75 bits per heavy atom. The first kappa shape index (κ1) is 65.7. The van der Waals surface area contributed by atoms with E-state index in [4.69, 9.17) is 28.4 Å². The summed E-state index contributed by atoms with van der Waals surface area (Å²) in [5, 5.41) is 70.3. The molecule has 412 valence electrons. The van der Waals surface area contributed by atoms with Gasteiger partial charge in [0.2, 0.25) is 18.1 Å². The second kappa shape index (κ2) is 40.1. The van der Waals surface area contributed by atoms with Gasteiger partial charge in [0, 0.05) is 25.9 Å². The van der Waals surface area contributed by atoms with Crippen molar-refractivity contribution in [3.63, 3.8) is 0 Å². The summed E-state index contributed by atoms with van der Waals surface area (Å²) in [5.41, 5.74) is -0.604. The summed E-state index contributed by atoms with van der Waals surface area (Å²) in [6, 6.07) is -1.19. The smallest absolute Gasteiger partial charge is 0.410 e. The number of aliphatic hydroxyl groups is 6. The maximum Gasteiger partial charge on any atom is 0.410 e. The number of unbranched alkanes of at least 4 members (excludes halogenated alkanes) is 3. The molecule has 19 nitrogen and oxygen atoms in total. The van der Waals surface area contributed by atoms with Crippen LogP contribution in [0.4, 0.5) is 4.79 Å². The van der Waals surface area contributed by atoms with Crippen LogP contribution in [0.1, 0.15) is 138 Å². The summed E-state index contributed by atoms with van der Waals surface area (Å²) in [4.78, 5) is 49.9. The lowest BCUT2D eigenvalue weighted by Crippen LogP contribution is -2.60. The Balaban J connectivity index is 2.30. The average molecular weight is 1020 g/mol. The van der Waals surface area contributed by atoms with Crippen LogP contribution < -0.4 is 16.0 Å². The second-order valence-corrected chi connectivity index (χ2v) is 18.3. The summed E-state index contributed by atoms with van der Waals surface area (Å²) in [7, 11) is 0. The van der Waals surface area contributed by atoms with E-state index < -0.39 is 85.8 Å². The van der Waals surface area contributed by atoms with Gasteiger partial charge in [0.05, 0.1) is 31.5 Å². The van der Waals surface area contributed by atoms with Gasteiger partial charge in [-0.05, 0) is 112 Å². The van der Waals surface area contributed by atoms with E-state index in [1.807, 2.05) is 6.08 Å².